The molecule has 0 aromatic carbocycles. The molecular formula is C9H15Cl2N5O. The predicted molar refractivity (Wildman–Crippen MR) is 69.6 cm³/mol. The third kappa shape index (κ3) is 3.99. The van der Waals surface area contributed by atoms with Gasteiger partial charge in [-0.3, -0.25) is 4.79 Å². The van der Waals surface area contributed by atoms with Crippen molar-refractivity contribution in [1.82, 2.24) is 20.6 Å². The van der Waals surface area contributed by atoms with Crippen molar-refractivity contribution in [2.45, 2.75) is 0 Å². The largest absolute Gasteiger partial charge is 0.382 e. The maximum absolute atomic E-state index is 11.6. The number of anilines is 1. The van der Waals surface area contributed by atoms with Crippen LogP contribution in [0.1, 0.15) is 10.5 Å². The predicted octanol–water partition coefficient (Wildman–Crippen LogP) is -0.148. The maximum Gasteiger partial charge on any atom is 0.273 e. The van der Waals surface area contributed by atoms with Crippen molar-refractivity contribution in [2.75, 3.05) is 25.4 Å². The van der Waals surface area contributed by atoms with Crippen LogP contribution >= 0.6 is 24.8 Å². The fraction of sp³-hybridized carbons (Fsp3) is 0.444. The molecule has 2 heterocycles. The van der Waals surface area contributed by atoms with E-state index in [0.717, 1.165) is 13.1 Å². The molecule has 4 N–H and O–H groups in total. The van der Waals surface area contributed by atoms with Gasteiger partial charge in [0.25, 0.3) is 5.91 Å². The number of rotatable bonds is 3. The van der Waals surface area contributed by atoms with Gasteiger partial charge >= 0.3 is 0 Å². The zero-order valence-corrected chi connectivity index (χ0v) is 10.7. The van der Waals surface area contributed by atoms with Crippen LogP contribution in [0, 0.1) is 5.92 Å². The summed E-state index contributed by atoms with van der Waals surface area (Å²) in [5.41, 5.74) is 5.73. The van der Waals surface area contributed by atoms with E-state index in [0.29, 0.717) is 12.5 Å². The Bertz CT molecular complexity index is 372. The minimum atomic E-state index is -0.257. The first kappa shape index (κ1) is 15.9. The van der Waals surface area contributed by atoms with Gasteiger partial charge in [0.2, 0.25) is 0 Å². The number of amides is 1. The van der Waals surface area contributed by atoms with E-state index in [1.807, 2.05) is 0 Å². The van der Waals surface area contributed by atoms with E-state index in [1.165, 1.54) is 12.4 Å². The summed E-state index contributed by atoms with van der Waals surface area (Å²) in [6, 6.07) is 0. The van der Waals surface area contributed by atoms with Crippen molar-refractivity contribution in [2.24, 2.45) is 5.92 Å². The summed E-state index contributed by atoms with van der Waals surface area (Å²) in [4.78, 5) is 19.3. The number of hydrogen-bond acceptors (Lipinski definition) is 5. The molecule has 0 bridgehead atoms. The van der Waals surface area contributed by atoms with Gasteiger partial charge in [-0.25, -0.2) is 9.97 Å². The highest BCUT2D eigenvalue weighted by Crippen LogP contribution is 2.04. The monoisotopic (exact) mass is 279 g/mol. The Kier molecular flexibility index (Phi) is 6.79. The highest BCUT2D eigenvalue weighted by atomic mass is 35.5. The van der Waals surface area contributed by atoms with Gasteiger partial charge in [-0.1, -0.05) is 0 Å². The van der Waals surface area contributed by atoms with Gasteiger partial charge in [0.05, 0.1) is 0 Å². The van der Waals surface area contributed by atoms with Gasteiger partial charge < -0.3 is 16.4 Å². The molecule has 6 nitrogen and oxygen atoms in total. The highest BCUT2D eigenvalue weighted by Gasteiger charge is 2.18. The molecule has 0 saturated carbocycles. The average Bonchev–Trinajstić information content (AvgIpc) is 2.16. The Morgan fingerprint density at radius 2 is 2.06 bits per heavy atom. The molecule has 0 atom stereocenters. The number of hydrogen-bond donors (Lipinski definition) is 3. The number of carbonyl (C=O) groups excluding carboxylic acids is 1. The van der Waals surface area contributed by atoms with Crippen molar-refractivity contribution >= 4 is 36.5 Å². The lowest BCUT2D eigenvalue weighted by Crippen LogP contribution is -2.48. The van der Waals surface area contributed by atoms with Crippen LogP contribution in [0.15, 0.2) is 12.4 Å². The number of nitrogen functional groups attached to an aromatic ring is 1. The third-order valence-electron chi connectivity index (χ3n) is 2.36. The van der Waals surface area contributed by atoms with E-state index in [4.69, 9.17) is 5.73 Å². The number of nitrogens with one attached hydrogen (secondary N) is 2. The van der Waals surface area contributed by atoms with Crippen molar-refractivity contribution in [3.63, 3.8) is 0 Å². The van der Waals surface area contributed by atoms with Gasteiger partial charge in [-0.15, -0.1) is 24.8 Å². The second kappa shape index (κ2) is 7.26. The zero-order valence-electron chi connectivity index (χ0n) is 9.05. The average molecular weight is 280 g/mol. The van der Waals surface area contributed by atoms with Crippen LogP contribution < -0.4 is 16.4 Å². The molecule has 0 unspecified atom stereocenters. The Morgan fingerprint density at radius 3 is 2.59 bits per heavy atom. The Balaban J connectivity index is 0.00000128. The SMILES string of the molecule is Cl.Cl.Nc1nccnc1C(=O)NCC1CNC1. The molecule has 0 spiro atoms. The lowest BCUT2D eigenvalue weighted by atomic mass is 10.0. The number of aromatic nitrogens is 2. The standard InChI is InChI=1S/C9H13N5O.2ClH/c10-8-7(12-1-2-13-8)9(15)14-5-6-3-11-4-6;;/h1-2,6,11H,3-5H2,(H2,10,13)(H,14,15);2*1H. The second-order valence-corrected chi connectivity index (χ2v) is 3.52. The molecular weight excluding hydrogens is 265 g/mol. The third-order valence-corrected chi connectivity index (χ3v) is 2.36. The lowest BCUT2D eigenvalue weighted by Gasteiger charge is -2.26. The summed E-state index contributed by atoms with van der Waals surface area (Å²) in [6.45, 7) is 2.56. The summed E-state index contributed by atoms with van der Waals surface area (Å²) >= 11 is 0. The summed E-state index contributed by atoms with van der Waals surface area (Å²) < 4.78 is 0. The molecule has 96 valence electrons. The molecule has 1 fully saturated rings. The van der Waals surface area contributed by atoms with E-state index >= 15 is 0 Å². The fourth-order valence-electron chi connectivity index (χ4n) is 1.34. The smallest absolute Gasteiger partial charge is 0.273 e. The fourth-order valence-corrected chi connectivity index (χ4v) is 1.34. The molecule has 17 heavy (non-hydrogen) atoms. The first-order valence-electron chi connectivity index (χ1n) is 4.83. The minimum absolute atomic E-state index is 0. The number of carbonyl (C=O) groups is 1. The van der Waals surface area contributed by atoms with E-state index in [2.05, 4.69) is 20.6 Å². The highest BCUT2D eigenvalue weighted by molar-refractivity contribution is 5.96. The molecule has 1 aromatic rings. The molecule has 0 aliphatic carbocycles. The zero-order chi connectivity index (χ0) is 10.7. The van der Waals surface area contributed by atoms with Crippen LogP contribution in [0.5, 0.6) is 0 Å². The van der Waals surface area contributed by atoms with Gasteiger partial charge in [-0.05, 0) is 0 Å². The normalized spacial score (nSPS) is 13.9. The molecule has 1 aliphatic rings. The van der Waals surface area contributed by atoms with Gasteiger partial charge in [0.15, 0.2) is 11.5 Å². The number of halogens is 2. The second-order valence-electron chi connectivity index (χ2n) is 3.52. The Morgan fingerprint density at radius 1 is 1.41 bits per heavy atom. The first-order valence-corrected chi connectivity index (χ1v) is 4.83. The summed E-state index contributed by atoms with van der Waals surface area (Å²) in [5, 5.41) is 5.91. The first-order chi connectivity index (χ1) is 7.27. The lowest BCUT2D eigenvalue weighted by molar-refractivity contribution is 0.0938. The van der Waals surface area contributed by atoms with Gasteiger partial charge in [0, 0.05) is 37.9 Å². The molecule has 1 saturated heterocycles. The summed E-state index contributed by atoms with van der Waals surface area (Å²) in [6.07, 6.45) is 2.91. The van der Waals surface area contributed by atoms with E-state index in [1.54, 1.807) is 0 Å². The van der Waals surface area contributed by atoms with Gasteiger partial charge in [-0.2, -0.15) is 0 Å². The van der Waals surface area contributed by atoms with Crippen LogP contribution in [-0.4, -0.2) is 35.5 Å². The summed E-state index contributed by atoms with van der Waals surface area (Å²) in [5.74, 6) is 0.432. The van der Waals surface area contributed by atoms with Crippen LogP contribution in [0.3, 0.4) is 0 Å². The molecule has 2 rings (SSSR count). The molecule has 1 aromatic heterocycles. The van der Waals surface area contributed by atoms with Crippen LogP contribution in [0.25, 0.3) is 0 Å². The molecule has 1 aliphatic heterocycles. The maximum atomic E-state index is 11.6. The summed E-state index contributed by atoms with van der Waals surface area (Å²) in [7, 11) is 0. The van der Waals surface area contributed by atoms with Crippen molar-refractivity contribution < 1.29 is 4.79 Å². The van der Waals surface area contributed by atoms with Crippen LogP contribution in [0.2, 0.25) is 0 Å². The van der Waals surface area contributed by atoms with E-state index in [9.17, 15) is 4.79 Å². The van der Waals surface area contributed by atoms with Gasteiger partial charge in [0.1, 0.15) is 0 Å². The Hall–Kier alpha value is -1.11. The van der Waals surface area contributed by atoms with Crippen molar-refractivity contribution in [3.05, 3.63) is 18.1 Å². The minimum Gasteiger partial charge on any atom is -0.382 e. The van der Waals surface area contributed by atoms with E-state index in [-0.39, 0.29) is 42.2 Å². The van der Waals surface area contributed by atoms with Crippen molar-refractivity contribution in [3.8, 4) is 0 Å². The quantitative estimate of drug-likeness (QED) is 0.716. The number of nitrogens with zero attached hydrogens (tertiary/aromatic N) is 2. The van der Waals surface area contributed by atoms with Crippen LogP contribution in [-0.2, 0) is 0 Å². The number of nitrogens with two attached hydrogens (primary N) is 1. The van der Waals surface area contributed by atoms with E-state index < -0.39 is 0 Å². The molecule has 1 amide bonds. The van der Waals surface area contributed by atoms with Crippen molar-refractivity contribution in [1.29, 1.82) is 0 Å². The topological polar surface area (TPSA) is 92.9 Å². The Labute approximate surface area is 112 Å². The molecule has 0 radical (unpaired) electrons. The molecule has 8 heteroatoms. The van der Waals surface area contributed by atoms with Crippen LogP contribution in [0.4, 0.5) is 5.82 Å².